The number of aromatic hydroxyl groups is 1. The van der Waals surface area contributed by atoms with E-state index in [-0.39, 0.29) is 10.9 Å². The first-order valence-electron chi connectivity index (χ1n) is 5.19. The molecule has 1 atom stereocenters. The third kappa shape index (κ3) is 2.22. The number of hydrogen-bond acceptors (Lipinski definition) is 1. The molecule has 0 aromatic heterocycles. The van der Waals surface area contributed by atoms with E-state index in [9.17, 15) is 5.11 Å². The molecule has 1 N–H and O–H groups in total. The van der Waals surface area contributed by atoms with Crippen LogP contribution < -0.4 is 0 Å². The average molecular weight is 231 g/mol. The molecule has 0 spiro atoms. The van der Waals surface area contributed by atoms with Crippen molar-refractivity contribution in [2.45, 2.75) is 16.7 Å². The molecule has 82 valence electrons. The molecule has 0 bridgehead atoms. The van der Waals surface area contributed by atoms with E-state index in [4.69, 9.17) is 0 Å². The number of rotatable bonds is 2. The molecule has 1 nitrogen and oxygen atoms in total. The Morgan fingerprint density at radius 3 is 2.19 bits per heavy atom. The quantitative estimate of drug-likeness (QED) is 0.786. The van der Waals surface area contributed by atoms with Crippen LogP contribution in [0.1, 0.15) is 5.56 Å². The number of benzene rings is 2. The molecule has 0 amide bonds. The van der Waals surface area contributed by atoms with Gasteiger partial charge < -0.3 is 5.11 Å². The topological polar surface area (TPSA) is 20.2 Å². The monoisotopic (exact) mass is 231 g/mol. The van der Waals surface area contributed by atoms with E-state index in [2.05, 4.69) is 37.4 Å². The van der Waals surface area contributed by atoms with Crippen molar-refractivity contribution in [3.63, 3.8) is 0 Å². The summed E-state index contributed by atoms with van der Waals surface area (Å²) in [6, 6.07) is 15.9. The normalized spacial score (nSPS) is 12.4. The fraction of sp³-hybridized carbons (Fsp3) is 0.143. The van der Waals surface area contributed by atoms with Crippen LogP contribution in [0.25, 0.3) is 0 Å². The molecular formula is C14H15OS+. The molecule has 0 saturated heterocycles. The second-order valence-electron chi connectivity index (χ2n) is 3.77. The number of phenolic OH excluding ortho intramolecular Hbond substituents is 1. The van der Waals surface area contributed by atoms with Crippen molar-refractivity contribution >= 4 is 10.9 Å². The summed E-state index contributed by atoms with van der Waals surface area (Å²) in [5.74, 6) is 0.325. The van der Waals surface area contributed by atoms with Gasteiger partial charge in [0, 0.05) is 5.56 Å². The SMILES string of the molecule is Cc1ccccc1[S+](C)c1ccc(O)cc1. The van der Waals surface area contributed by atoms with Gasteiger partial charge in [-0.15, -0.1) is 0 Å². The summed E-state index contributed by atoms with van der Waals surface area (Å²) in [5.41, 5.74) is 1.32. The Morgan fingerprint density at radius 2 is 1.56 bits per heavy atom. The summed E-state index contributed by atoms with van der Waals surface area (Å²) in [5, 5.41) is 9.27. The fourth-order valence-electron chi connectivity index (χ4n) is 1.68. The Balaban J connectivity index is 2.35. The van der Waals surface area contributed by atoms with Crippen molar-refractivity contribution in [3.8, 4) is 5.75 Å². The molecule has 2 heteroatoms. The summed E-state index contributed by atoms with van der Waals surface area (Å²) in [7, 11) is 0.0723. The van der Waals surface area contributed by atoms with Gasteiger partial charge in [0.25, 0.3) is 0 Å². The number of hydrogen-bond donors (Lipinski definition) is 1. The average Bonchev–Trinajstić information content (AvgIpc) is 2.30. The van der Waals surface area contributed by atoms with Crippen molar-refractivity contribution in [1.82, 2.24) is 0 Å². The molecule has 2 rings (SSSR count). The van der Waals surface area contributed by atoms with Gasteiger partial charge in [0.2, 0.25) is 0 Å². The maximum absolute atomic E-state index is 9.27. The van der Waals surface area contributed by atoms with E-state index in [0.29, 0.717) is 5.75 Å². The lowest BCUT2D eigenvalue weighted by Crippen LogP contribution is -2.02. The van der Waals surface area contributed by atoms with Gasteiger partial charge in [-0.2, -0.15) is 0 Å². The van der Waals surface area contributed by atoms with Crippen LogP contribution in [0.4, 0.5) is 0 Å². The van der Waals surface area contributed by atoms with Crippen molar-refractivity contribution in [1.29, 1.82) is 0 Å². The first kappa shape index (κ1) is 11.1. The van der Waals surface area contributed by atoms with Crippen molar-refractivity contribution in [3.05, 3.63) is 54.1 Å². The lowest BCUT2D eigenvalue weighted by atomic mass is 10.2. The fourth-order valence-corrected chi connectivity index (χ4v) is 3.31. The highest BCUT2D eigenvalue weighted by Gasteiger charge is 2.20. The molecule has 1 unspecified atom stereocenters. The molecule has 16 heavy (non-hydrogen) atoms. The molecule has 0 radical (unpaired) electrons. The van der Waals surface area contributed by atoms with E-state index >= 15 is 0 Å². The second-order valence-corrected chi connectivity index (χ2v) is 5.70. The van der Waals surface area contributed by atoms with E-state index < -0.39 is 0 Å². The predicted molar refractivity (Wildman–Crippen MR) is 69.1 cm³/mol. The van der Waals surface area contributed by atoms with Crippen LogP contribution in [0.3, 0.4) is 0 Å². The van der Waals surface area contributed by atoms with Crippen molar-refractivity contribution in [2.24, 2.45) is 0 Å². The van der Waals surface area contributed by atoms with Crippen LogP contribution in [0.5, 0.6) is 5.75 Å². The molecule has 2 aromatic rings. The van der Waals surface area contributed by atoms with Crippen LogP contribution in [-0.4, -0.2) is 11.4 Å². The summed E-state index contributed by atoms with van der Waals surface area (Å²) < 4.78 is 0. The largest absolute Gasteiger partial charge is 0.508 e. The van der Waals surface area contributed by atoms with Crippen LogP contribution in [-0.2, 0) is 10.9 Å². The van der Waals surface area contributed by atoms with Crippen molar-refractivity contribution in [2.75, 3.05) is 6.26 Å². The van der Waals surface area contributed by atoms with Crippen molar-refractivity contribution < 1.29 is 5.11 Å². The van der Waals surface area contributed by atoms with E-state index in [0.717, 1.165) is 0 Å². The lowest BCUT2D eigenvalue weighted by molar-refractivity contribution is 0.475. The number of aryl methyl sites for hydroxylation is 1. The summed E-state index contributed by atoms with van der Waals surface area (Å²) in [6.07, 6.45) is 2.22. The standard InChI is InChI=1S/C14H14OS/c1-11-5-3-4-6-14(11)16(2)13-9-7-12(15)8-10-13/h3-10H,1-2H3/p+1. The molecule has 0 heterocycles. The van der Waals surface area contributed by atoms with Crippen LogP contribution in [0, 0.1) is 6.92 Å². The first-order chi connectivity index (χ1) is 7.68. The highest BCUT2D eigenvalue weighted by Crippen LogP contribution is 2.25. The maximum Gasteiger partial charge on any atom is 0.163 e. The minimum Gasteiger partial charge on any atom is -0.508 e. The minimum atomic E-state index is 0.0723. The summed E-state index contributed by atoms with van der Waals surface area (Å²) >= 11 is 0. The smallest absolute Gasteiger partial charge is 0.163 e. The van der Waals surface area contributed by atoms with Gasteiger partial charge >= 0.3 is 0 Å². The Kier molecular flexibility index (Phi) is 3.20. The minimum absolute atomic E-state index is 0.0723. The molecule has 0 saturated carbocycles. The van der Waals surface area contributed by atoms with Gasteiger partial charge in [-0.05, 0) is 37.3 Å². The zero-order chi connectivity index (χ0) is 11.5. The zero-order valence-electron chi connectivity index (χ0n) is 9.47. The van der Waals surface area contributed by atoms with E-state index in [1.54, 1.807) is 12.1 Å². The van der Waals surface area contributed by atoms with E-state index in [1.807, 2.05) is 12.1 Å². The predicted octanol–water partition coefficient (Wildman–Crippen LogP) is 3.37. The van der Waals surface area contributed by atoms with Gasteiger partial charge in [0.1, 0.15) is 12.0 Å². The molecular weight excluding hydrogens is 216 g/mol. The second kappa shape index (κ2) is 4.62. The molecule has 0 aliphatic rings. The molecule has 2 aromatic carbocycles. The van der Waals surface area contributed by atoms with E-state index in [1.165, 1.54) is 15.4 Å². The Labute approximate surface area is 99.1 Å². The highest BCUT2D eigenvalue weighted by molar-refractivity contribution is 7.96. The Bertz CT molecular complexity index is 476. The third-order valence-corrected chi connectivity index (χ3v) is 4.71. The zero-order valence-corrected chi connectivity index (χ0v) is 10.3. The summed E-state index contributed by atoms with van der Waals surface area (Å²) in [4.78, 5) is 2.63. The van der Waals surface area contributed by atoms with Gasteiger partial charge in [-0.3, -0.25) is 0 Å². The highest BCUT2D eigenvalue weighted by atomic mass is 32.2. The third-order valence-electron chi connectivity index (χ3n) is 2.61. The lowest BCUT2D eigenvalue weighted by Gasteiger charge is -2.05. The van der Waals surface area contributed by atoms with Crippen LogP contribution in [0.15, 0.2) is 58.3 Å². The van der Waals surface area contributed by atoms with Gasteiger partial charge in [0.05, 0.1) is 10.9 Å². The Hall–Kier alpha value is -1.41. The van der Waals surface area contributed by atoms with Crippen LogP contribution >= 0.6 is 0 Å². The molecule has 0 aliphatic carbocycles. The first-order valence-corrected chi connectivity index (χ1v) is 6.82. The van der Waals surface area contributed by atoms with Gasteiger partial charge in [-0.25, -0.2) is 0 Å². The number of phenols is 1. The maximum atomic E-state index is 9.27. The van der Waals surface area contributed by atoms with Gasteiger partial charge in [-0.1, -0.05) is 18.2 Å². The molecule has 0 aliphatic heterocycles. The Morgan fingerprint density at radius 1 is 0.938 bits per heavy atom. The summed E-state index contributed by atoms with van der Waals surface area (Å²) in [6.45, 7) is 2.14. The van der Waals surface area contributed by atoms with Gasteiger partial charge in [0.15, 0.2) is 9.79 Å². The van der Waals surface area contributed by atoms with Crippen LogP contribution in [0.2, 0.25) is 0 Å². The molecule has 0 fully saturated rings.